The molecule has 0 unspecified atom stereocenters. The smallest absolute Gasteiger partial charge is 0.151 e. The van der Waals surface area contributed by atoms with Gasteiger partial charge in [-0.3, -0.25) is 10.00 Å². The van der Waals surface area contributed by atoms with Crippen molar-refractivity contribution in [1.29, 1.82) is 0 Å². The molecule has 3 heterocycles. The molecule has 1 aliphatic heterocycles. The Labute approximate surface area is 130 Å². The van der Waals surface area contributed by atoms with Gasteiger partial charge in [0.15, 0.2) is 5.82 Å². The van der Waals surface area contributed by atoms with Gasteiger partial charge in [0.1, 0.15) is 0 Å². The first kappa shape index (κ1) is 13.7. The van der Waals surface area contributed by atoms with Crippen molar-refractivity contribution in [3.63, 3.8) is 0 Å². The van der Waals surface area contributed by atoms with Crippen molar-refractivity contribution >= 4 is 5.82 Å². The summed E-state index contributed by atoms with van der Waals surface area (Å²) < 4.78 is 0. The van der Waals surface area contributed by atoms with Crippen LogP contribution in [0, 0.1) is 6.92 Å². The topological polar surface area (TPSA) is 60.9 Å². The second-order valence-electron chi connectivity index (χ2n) is 6.61. The minimum absolute atomic E-state index is 0.557. The summed E-state index contributed by atoms with van der Waals surface area (Å²) >= 11 is 0. The zero-order valence-corrected chi connectivity index (χ0v) is 13.2. The largest absolute Gasteiger partial charge is 0.352 e. The minimum atomic E-state index is 0.557. The van der Waals surface area contributed by atoms with E-state index < -0.39 is 0 Å². The second-order valence-corrected chi connectivity index (χ2v) is 6.61. The van der Waals surface area contributed by atoms with Crippen LogP contribution in [0.5, 0.6) is 0 Å². The van der Waals surface area contributed by atoms with Gasteiger partial charge in [-0.15, -0.1) is 5.10 Å². The van der Waals surface area contributed by atoms with Crippen LogP contribution < -0.4 is 4.90 Å². The van der Waals surface area contributed by atoms with Gasteiger partial charge in [0.25, 0.3) is 0 Å². The Hall–Kier alpha value is -1.95. The van der Waals surface area contributed by atoms with E-state index in [-0.39, 0.29) is 0 Å². The molecule has 0 amide bonds. The minimum Gasteiger partial charge on any atom is -0.352 e. The number of nitrogens with zero attached hydrogens (tertiary/aromatic N) is 5. The van der Waals surface area contributed by atoms with E-state index in [4.69, 9.17) is 0 Å². The predicted octanol–water partition coefficient (Wildman–Crippen LogP) is 1.71. The molecule has 0 bridgehead atoms. The summed E-state index contributed by atoms with van der Waals surface area (Å²) in [6.07, 6.45) is 2.55. The van der Waals surface area contributed by atoms with E-state index in [9.17, 15) is 0 Å². The highest BCUT2D eigenvalue weighted by Gasteiger charge is 2.32. The molecule has 2 aromatic heterocycles. The fourth-order valence-corrected chi connectivity index (χ4v) is 2.96. The van der Waals surface area contributed by atoms with Crippen LogP contribution >= 0.6 is 0 Å². The van der Waals surface area contributed by atoms with Crippen LogP contribution in [0.2, 0.25) is 0 Å². The number of anilines is 1. The predicted molar refractivity (Wildman–Crippen MR) is 84.8 cm³/mol. The number of nitrogens with one attached hydrogen (secondary N) is 1. The fourth-order valence-electron chi connectivity index (χ4n) is 2.96. The number of likely N-dealkylation sites (N-methyl/N-ethyl adjacent to an activating group) is 1. The molecular weight excluding hydrogens is 276 g/mol. The first-order valence-corrected chi connectivity index (χ1v) is 7.99. The number of aromatic nitrogens is 4. The first-order chi connectivity index (χ1) is 10.7. The summed E-state index contributed by atoms with van der Waals surface area (Å²) in [5.74, 6) is 1.68. The van der Waals surface area contributed by atoms with Gasteiger partial charge in [-0.25, -0.2) is 0 Å². The van der Waals surface area contributed by atoms with Gasteiger partial charge in [-0.2, -0.15) is 10.2 Å². The number of hydrogen-bond acceptors (Lipinski definition) is 5. The summed E-state index contributed by atoms with van der Waals surface area (Å²) in [7, 11) is 2.16. The maximum absolute atomic E-state index is 4.38. The normalized spacial score (nSPS) is 18.8. The van der Waals surface area contributed by atoms with Gasteiger partial charge >= 0.3 is 0 Å². The molecule has 0 atom stereocenters. The van der Waals surface area contributed by atoms with Crippen LogP contribution in [-0.4, -0.2) is 51.5 Å². The zero-order chi connectivity index (χ0) is 15.1. The molecule has 6 heteroatoms. The van der Waals surface area contributed by atoms with Crippen LogP contribution in [-0.2, 0) is 6.54 Å². The van der Waals surface area contributed by atoms with E-state index >= 15 is 0 Å². The molecule has 0 radical (unpaired) electrons. The van der Waals surface area contributed by atoms with Gasteiger partial charge in [0.05, 0.1) is 11.4 Å². The summed E-state index contributed by atoms with van der Waals surface area (Å²) in [5, 5.41) is 16.0. The molecular formula is C16H22N6. The van der Waals surface area contributed by atoms with Crippen molar-refractivity contribution in [1.82, 2.24) is 25.3 Å². The monoisotopic (exact) mass is 298 g/mol. The van der Waals surface area contributed by atoms with Gasteiger partial charge in [0, 0.05) is 37.3 Å². The Morgan fingerprint density at radius 3 is 2.68 bits per heavy atom. The number of hydrogen-bond donors (Lipinski definition) is 1. The molecule has 1 saturated heterocycles. The Balaban J connectivity index is 1.31. The summed E-state index contributed by atoms with van der Waals surface area (Å²) in [6.45, 7) is 4.94. The lowest BCUT2D eigenvalue weighted by molar-refractivity contribution is 0.194. The van der Waals surface area contributed by atoms with Crippen molar-refractivity contribution in [2.24, 2.45) is 0 Å². The van der Waals surface area contributed by atoms with Crippen molar-refractivity contribution in [3.05, 3.63) is 35.3 Å². The molecule has 22 heavy (non-hydrogen) atoms. The van der Waals surface area contributed by atoms with E-state index in [1.54, 1.807) is 0 Å². The van der Waals surface area contributed by atoms with Crippen LogP contribution in [0.25, 0.3) is 0 Å². The van der Waals surface area contributed by atoms with Crippen molar-refractivity contribution in [3.8, 4) is 0 Å². The summed E-state index contributed by atoms with van der Waals surface area (Å²) in [5.41, 5.74) is 3.38. The van der Waals surface area contributed by atoms with Crippen molar-refractivity contribution in [2.75, 3.05) is 25.0 Å². The third-order valence-corrected chi connectivity index (χ3v) is 4.65. The molecule has 2 aliphatic rings. The van der Waals surface area contributed by atoms with Crippen LogP contribution in [0.1, 0.15) is 35.8 Å². The molecule has 1 aliphatic carbocycles. The molecule has 0 aromatic carbocycles. The molecule has 6 nitrogen and oxygen atoms in total. The van der Waals surface area contributed by atoms with E-state index in [0.29, 0.717) is 12.0 Å². The molecule has 0 spiro atoms. The van der Waals surface area contributed by atoms with E-state index in [1.165, 1.54) is 12.8 Å². The average molecular weight is 298 g/mol. The highest BCUT2D eigenvalue weighted by molar-refractivity contribution is 5.42. The molecule has 2 aromatic rings. The van der Waals surface area contributed by atoms with E-state index in [0.717, 1.165) is 42.5 Å². The van der Waals surface area contributed by atoms with Gasteiger partial charge in [0.2, 0.25) is 0 Å². The highest BCUT2D eigenvalue weighted by Crippen LogP contribution is 2.38. The molecule has 1 saturated carbocycles. The zero-order valence-electron chi connectivity index (χ0n) is 13.2. The SMILES string of the molecule is Cc1cc(CN(C)C2CN(c3ccc(C4CC4)nn3)C2)n[nH]1. The van der Waals surface area contributed by atoms with Gasteiger partial charge in [-0.1, -0.05) is 0 Å². The number of aromatic amines is 1. The highest BCUT2D eigenvalue weighted by atomic mass is 15.4. The van der Waals surface area contributed by atoms with E-state index in [2.05, 4.69) is 55.4 Å². The molecule has 2 fully saturated rings. The number of aryl methyl sites for hydroxylation is 1. The Kier molecular flexibility index (Phi) is 3.33. The van der Waals surface area contributed by atoms with Crippen molar-refractivity contribution < 1.29 is 0 Å². The lowest BCUT2D eigenvalue weighted by atomic mass is 10.1. The Morgan fingerprint density at radius 1 is 1.27 bits per heavy atom. The lowest BCUT2D eigenvalue weighted by Gasteiger charge is -2.44. The van der Waals surface area contributed by atoms with Gasteiger partial charge < -0.3 is 4.90 Å². The maximum Gasteiger partial charge on any atom is 0.151 e. The molecule has 4 rings (SSSR count). The van der Waals surface area contributed by atoms with E-state index in [1.807, 2.05) is 6.92 Å². The maximum atomic E-state index is 4.38. The van der Waals surface area contributed by atoms with Crippen LogP contribution in [0.3, 0.4) is 0 Å². The number of H-pyrrole nitrogens is 1. The van der Waals surface area contributed by atoms with Gasteiger partial charge in [-0.05, 0) is 45.0 Å². The Morgan fingerprint density at radius 2 is 2.09 bits per heavy atom. The lowest BCUT2D eigenvalue weighted by Crippen LogP contribution is -2.58. The standard InChI is InChI=1S/C16H22N6/c1-11-7-13(18-17-11)8-21(2)14-9-22(10-14)16-6-5-15(19-20-16)12-3-4-12/h5-7,12,14H,3-4,8-10H2,1-2H3,(H,17,18). The Bertz CT molecular complexity index is 639. The average Bonchev–Trinajstić information content (AvgIpc) is 3.22. The number of rotatable bonds is 5. The molecule has 116 valence electrons. The summed E-state index contributed by atoms with van der Waals surface area (Å²) in [4.78, 5) is 4.65. The van der Waals surface area contributed by atoms with Crippen molar-refractivity contribution in [2.45, 2.75) is 38.3 Å². The van der Waals surface area contributed by atoms with Crippen LogP contribution in [0.4, 0.5) is 5.82 Å². The van der Waals surface area contributed by atoms with Crippen LogP contribution in [0.15, 0.2) is 18.2 Å². The quantitative estimate of drug-likeness (QED) is 0.910. The third kappa shape index (κ3) is 2.70. The molecule has 1 N–H and O–H groups in total. The summed E-state index contributed by atoms with van der Waals surface area (Å²) in [6, 6.07) is 6.92. The first-order valence-electron chi connectivity index (χ1n) is 7.99. The fraction of sp³-hybridized carbons (Fsp3) is 0.562. The third-order valence-electron chi connectivity index (χ3n) is 4.65. The second kappa shape index (κ2) is 5.35.